The monoisotopic (exact) mass is 243 g/mol. The number of hydrogen-bond donors (Lipinski definition) is 1. The predicted octanol–water partition coefficient (Wildman–Crippen LogP) is 1.94. The molecule has 96 valence electrons. The quantitative estimate of drug-likeness (QED) is 0.859. The first-order valence-electron chi connectivity index (χ1n) is 6.75. The Balaban J connectivity index is 1.91. The third-order valence-electron chi connectivity index (χ3n) is 3.45. The van der Waals surface area contributed by atoms with Crippen molar-refractivity contribution in [3.8, 4) is 6.07 Å². The van der Waals surface area contributed by atoms with Gasteiger partial charge in [-0.15, -0.1) is 0 Å². The zero-order valence-corrected chi connectivity index (χ0v) is 11.0. The van der Waals surface area contributed by atoms with Gasteiger partial charge >= 0.3 is 0 Å². The van der Waals surface area contributed by atoms with Gasteiger partial charge in [0.15, 0.2) is 0 Å². The van der Waals surface area contributed by atoms with Gasteiger partial charge in [-0.1, -0.05) is 31.2 Å². The molecular formula is C15H21N3. The molecule has 0 amide bonds. The Labute approximate surface area is 109 Å². The Morgan fingerprint density at radius 2 is 2.17 bits per heavy atom. The highest BCUT2D eigenvalue weighted by Gasteiger charge is 2.18. The molecule has 0 spiro atoms. The van der Waals surface area contributed by atoms with E-state index in [4.69, 9.17) is 5.26 Å². The number of nitriles is 1. The normalized spacial score (nSPS) is 16.9. The maximum absolute atomic E-state index is 9.14. The highest BCUT2D eigenvalue weighted by molar-refractivity contribution is 5.29. The van der Waals surface area contributed by atoms with Gasteiger partial charge in [0.2, 0.25) is 0 Å². The molecule has 0 aromatic heterocycles. The van der Waals surface area contributed by atoms with Crippen molar-refractivity contribution in [2.24, 2.45) is 0 Å². The van der Waals surface area contributed by atoms with Crippen molar-refractivity contribution in [2.75, 3.05) is 19.6 Å². The Morgan fingerprint density at radius 1 is 1.39 bits per heavy atom. The van der Waals surface area contributed by atoms with Crippen molar-refractivity contribution < 1.29 is 0 Å². The second-order valence-electron chi connectivity index (χ2n) is 4.89. The molecule has 0 saturated heterocycles. The molecule has 0 saturated carbocycles. The lowest BCUT2D eigenvalue weighted by Gasteiger charge is -2.30. The Kier molecular flexibility index (Phi) is 4.74. The standard InChI is InChI=1S/C15H21N3/c1-2-8-17-15(10-16)12-18-9-7-13-5-3-4-6-14(13)11-18/h3-6,15,17H,2,7-9,11-12H2,1H3. The molecule has 1 heterocycles. The zero-order valence-electron chi connectivity index (χ0n) is 11.0. The van der Waals surface area contributed by atoms with Crippen LogP contribution in [-0.2, 0) is 13.0 Å². The van der Waals surface area contributed by atoms with E-state index in [1.165, 1.54) is 11.1 Å². The molecule has 1 aromatic carbocycles. The van der Waals surface area contributed by atoms with Crippen molar-refractivity contribution >= 4 is 0 Å². The highest BCUT2D eigenvalue weighted by Crippen LogP contribution is 2.18. The van der Waals surface area contributed by atoms with Crippen molar-refractivity contribution in [1.82, 2.24) is 10.2 Å². The van der Waals surface area contributed by atoms with Gasteiger partial charge in [-0.2, -0.15) is 5.26 Å². The molecular weight excluding hydrogens is 222 g/mol. The lowest BCUT2D eigenvalue weighted by atomic mass is 9.99. The summed E-state index contributed by atoms with van der Waals surface area (Å²) in [5, 5.41) is 12.4. The van der Waals surface area contributed by atoms with Gasteiger partial charge in [-0.3, -0.25) is 4.90 Å². The average Bonchev–Trinajstić information content (AvgIpc) is 2.43. The second-order valence-corrected chi connectivity index (χ2v) is 4.89. The number of benzene rings is 1. The summed E-state index contributed by atoms with van der Waals surface area (Å²) in [5.74, 6) is 0. The number of fused-ring (bicyclic) bond motifs is 1. The molecule has 0 bridgehead atoms. The van der Waals surface area contributed by atoms with Crippen LogP contribution in [0.1, 0.15) is 24.5 Å². The van der Waals surface area contributed by atoms with Crippen LogP contribution in [0.2, 0.25) is 0 Å². The van der Waals surface area contributed by atoms with E-state index < -0.39 is 0 Å². The van der Waals surface area contributed by atoms with Gasteiger partial charge in [0.25, 0.3) is 0 Å². The number of nitrogens with zero attached hydrogens (tertiary/aromatic N) is 2. The number of nitrogens with one attached hydrogen (secondary N) is 1. The summed E-state index contributed by atoms with van der Waals surface area (Å²) in [6.07, 6.45) is 2.17. The lowest BCUT2D eigenvalue weighted by Crippen LogP contribution is -2.42. The fourth-order valence-electron chi connectivity index (χ4n) is 2.44. The molecule has 1 unspecified atom stereocenters. The summed E-state index contributed by atoms with van der Waals surface area (Å²) in [6, 6.07) is 10.9. The Bertz CT molecular complexity index is 422. The van der Waals surface area contributed by atoms with E-state index in [1.807, 2.05) is 0 Å². The smallest absolute Gasteiger partial charge is 0.108 e. The van der Waals surface area contributed by atoms with Crippen molar-refractivity contribution in [3.05, 3.63) is 35.4 Å². The van der Waals surface area contributed by atoms with Crippen LogP contribution in [0.15, 0.2) is 24.3 Å². The SMILES string of the molecule is CCCNC(C#N)CN1CCc2ccccc2C1. The molecule has 0 radical (unpaired) electrons. The van der Waals surface area contributed by atoms with Crippen LogP contribution < -0.4 is 5.32 Å². The summed E-state index contributed by atoms with van der Waals surface area (Å²) in [6.45, 7) is 5.90. The Hall–Kier alpha value is -1.37. The lowest BCUT2D eigenvalue weighted by molar-refractivity contribution is 0.239. The minimum absolute atomic E-state index is 0.0461. The van der Waals surface area contributed by atoms with Crippen LogP contribution in [-0.4, -0.2) is 30.6 Å². The van der Waals surface area contributed by atoms with Crippen LogP contribution in [0.5, 0.6) is 0 Å². The van der Waals surface area contributed by atoms with Crippen LogP contribution in [0.4, 0.5) is 0 Å². The molecule has 2 rings (SSSR count). The summed E-state index contributed by atoms with van der Waals surface area (Å²) >= 11 is 0. The zero-order chi connectivity index (χ0) is 12.8. The molecule has 0 fully saturated rings. The van der Waals surface area contributed by atoms with E-state index in [0.29, 0.717) is 0 Å². The van der Waals surface area contributed by atoms with E-state index in [-0.39, 0.29) is 6.04 Å². The van der Waals surface area contributed by atoms with Gasteiger partial charge < -0.3 is 5.32 Å². The summed E-state index contributed by atoms with van der Waals surface area (Å²) in [5.41, 5.74) is 2.87. The van der Waals surface area contributed by atoms with Crippen LogP contribution in [0.3, 0.4) is 0 Å². The van der Waals surface area contributed by atoms with Crippen LogP contribution in [0.25, 0.3) is 0 Å². The largest absolute Gasteiger partial charge is 0.301 e. The van der Waals surface area contributed by atoms with Crippen molar-refractivity contribution in [3.63, 3.8) is 0 Å². The fourth-order valence-corrected chi connectivity index (χ4v) is 2.44. The molecule has 0 aliphatic carbocycles. The number of hydrogen-bond acceptors (Lipinski definition) is 3. The van der Waals surface area contributed by atoms with Crippen molar-refractivity contribution in [2.45, 2.75) is 32.4 Å². The van der Waals surface area contributed by atoms with Gasteiger partial charge in [0.1, 0.15) is 6.04 Å². The third kappa shape index (κ3) is 3.32. The summed E-state index contributed by atoms with van der Waals surface area (Å²) in [4.78, 5) is 2.37. The molecule has 1 aliphatic heterocycles. The van der Waals surface area contributed by atoms with Crippen LogP contribution >= 0.6 is 0 Å². The first-order valence-corrected chi connectivity index (χ1v) is 6.75. The maximum atomic E-state index is 9.14. The molecule has 3 heteroatoms. The third-order valence-corrected chi connectivity index (χ3v) is 3.45. The second kappa shape index (κ2) is 6.53. The first-order chi connectivity index (χ1) is 8.83. The highest BCUT2D eigenvalue weighted by atomic mass is 15.2. The molecule has 1 N–H and O–H groups in total. The van der Waals surface area contributed by atoms with Gasteiger partial charge in [-0.25, -0.2) is 0 Å². The molecule has 18 heavy (non-hydrogen) atoms. The van der Waals surface area contributed by atoms with E-state index >= 15 is 0 Å². The average molecular weight is 243 g/mol. The molecule has 3 nitrogen and oxygen atoms in total. The maximum Gasteiger partial charge on any atom is 0.108 e. The molecule has 1 atom stereocenters. The topological polar surface area (TPSA) is 39.1 Å². The molecule has 1 aromatic rings. The van der Waals surface area contributed by atoms with E-state index in [1.54, 1.807) is 0 Å². The van der Waals surface area contributed by atoms with Gasteiger partial charge in [0, 0.05) is 19.6 Å². The van der Waals surface area contributed by atoms with E-state index in [0.717, 1.165) is 39.0 Å². The van der Waals surface area contributed by atoms with Gasteiger partial charge in [-0.05, 0) is 30.5 Å². The summed E-state index contributed by atoms with van der Waals surface area (Å²) < 4.78 is 0. The first kappa shape index (κ1) is 13.1. The number of rotatable bonds is 5. The van der Waals surface area contributed by atoms with E-state index in [2.05, 4.69) is 47.5 Å². The summed E-state index contributed by atoms with van der Waals surface area (Å²) in [7, 11) is 0. The van der Waals surface area contributed by atoms with Crippen molar-refractivity contribution in [1.29, 1.82) is 5.26 Å². The predicted molar refractivity (Wildman–Crippen MR) is 73.1 cm³/mol. The Morgan fingerprint density at radius 3 is 2.89 bits per heavy atom. The van der Waals surface area contributed by atoms with E-state index in [9.17, 15) is 0 Å². The van der Waals surface area contributed by atoms with Gasteiger partial charge in [0.05, 0.1) is 6.07 Å². The van der Waals surface area contributed by atoms with Crippen LogP contribution in [0, 0.1) is 11.3 Å². The molecule has 1 aliphatic rings. The minimum Gasteiger partial charge on any atom is -0.301 e. The fraction of sp³-hybridized carbons (Fsp3) is 0.533. The minimum atomic E-state index is -0.0461.